The van der Waals surface area contributed by atoms with Crippen molar-refractivity contribution in [2.75, 3.05) is 10.8 Å². The molecule has 0 aliphatic rings. The number of hydrazone groups is 1. The molecule has 0 radical (unpaired) electrons. The van der Waals surface area contributed by atoms with Crippen molar-refractivity contribution < 1.29 is 22.0 Å². The van der Waals surface area contributed by atoms with Gasteiger partial charge in [0, 0.05) is 10.6 Å². The van der Waals surface area contributed by atoms with E-state index in [0.717, 1.165) is 16.4 Å². The molecule has 1 N–H and O–H groups in total. The summed E-state index contributed by atoms with van der Waals surface area (Å²) in [5.41, 5.74) is 3.03. The third-order valence-electron chi connectivity index (χ3n) is 4.94. The molecule has 1 aromatic heterocycles. The van der Waals surface area contributed by atoms with E-state index in [-0.39, 0.29) is 10.6 Å². The number of carbonyl (C=O) groups excluding carboxylic acids is 1. The van der Waals surface area contributed by atoms with Crippen LogP contribution in [0.1, 0.15) is 5.76 Å². The van der Waals surface area contributed by atoms with Crippen molar-refractivity contribution in [2.45, 2.75) is 4.90 Å². The number of sulfonamides is 1. The van der Waals surface area contributed by atoms with E-state index in [4.69, 9.17) is 27.6 Å². The Balaban J connectivity index is 1.49. The first-order valence-electron chi connectivity index (χ1n) is 10.4. The van der Waals surface area contributed by atoms with Crippen molar-refractivity contribution in [3.8, 4) is 11.3 Å². The van der Waals surface area contributed by atoms with Gasteiger partial charge >= 0.3 is 0 Å². The maximum Gasteiger partial charge on any atom is 0.264 e. The van der Waals surface area contributed by atoms with Crippen LogP contribution < -0.4 is 9.73 Å². The summed E-state index contributed by atoms with van der Waals surface area (Å²) in [5.74, 6) is -0.463. The molecule has 0 aliphatic carbocycles. The molecular formula is C25H18Cl2FN3O4S. The lowest BCUT2D eigenvalue weighted by molar-refractivity contribution is -0.119. The number of hydrogen-bond acceptors (Lipinski definition) is 5. The summed E-state index contributed by atoms with van der Waals surface area (Å²) in [6.07, 6.45) is 1.26. The second-order valence-corrected chi connectivity index (χ2v) is 10.1. The third-order valence-corrected chi connectivity index (χ3v) is 7.27. The predicted molar refractivity (Wildman–Crippen MR) is 137 cm³/mol. The summed E-state index contributed by atoms with van der Waals surface area (Å²) in [4.78, 5) is 12.6. The van der Waals surface area contributed by atoms with Crippen molar-refractivity contribution in [3.05, 3.63) is 107 Å². The van der Waals surface area contributed by atoms with Gasteiger partial charge in [-0.2, -0.15) is 5.10 Å². The van der Waals surface area contributed by atoms with Crippen LogP contribution in [-0.4, -0.2) is 27.1 Å². The fourth-order valence-electron chi connectivity index (χ4n) is 3.23. The van der Waals surface area contributed by atoms with Gasteiger partial charge in [0.15, 0.2) is 0 Å². The monoisotopic (exact) mass is 545 g/mol. The summed E-state index contributed by atoms with van der Waals surface area (Å²) in [6.45, 7) is -0.593. The van der Waals surface area contributed by atoms with Crippen LogP contribution in [0.2, 0.25) is 10.0 Å². The quantitative estimate of drug-likeness (QED) is 0.226. The highest BCUT2D eigenvalue weighted by Gasteiger charge is 2.27. The Bertz CT molecular complexity index is 1510. The van der Waals surface area contributed by atoms with Crippen molar-refractivity contribution in [1.82, 2.24) is 5.43 Å². The molecule has 1 amide bonds. The number of halogens is 3. The molecule has 11 heteroatoms. The minimum atomic E-state index is -4.12. The van der Waals surface area contributed by atoms with Crippen LogP contribution in [0.15, 0.2) is 99.3 Å². The van der Waals surface area contributed by atoms with Gasteiger partial charge < -0.3 is 4.42 Å². The van der Waals surface area contributed by atoms with Crippen LogP contribution >= 0.6 is 23.2 Å². The summed E-state index contributed by atoms with van der Waals surface area (Å²) >= 11 is 12.1. The molecule has 0 saturated carbocycles. The Morgan fingerprint density at radius 3 is 2.42 bits per heavy atom. The molecule has 0 aliphatic heterocycles. The van der Waals surface area contributed by atoms with Gasteiger partial charge in [0.1, 0.15) is 23.9 Å². The van der Waals surface area contributed by atoms with Crippen LogP contribution in [0.5, 0.6) is 0 Å². The standard InChI is InChI=1S/C25H18Cl2FN3O4S/c26-17-6-12-22(23(27)14-17)24-13-11-20(35-24)15-29-30-25(32)16-31(19-9-7-18(28)8-10-19)36(33,34)21-4-2-1-3-5-21/h1-15H,16H2,(H,30,32). The Labute approximate surface area is 216 Å². The number of carbonyl (C=O) groups is 1. The molecule has 36 heavy (non-hydrogen) atoms. The van der Waals surface area contributed by atoms with Gasteiger partial charge in [-0.05, 0) is 66.7 Å². The second kappa shape index (κ2) is 10.9. The van der Waals surface area contributed by atoms with Gasteiger partial charge in [0.05, 0.1) is 21.8 Å². The Hall–Kier alpha value is -3.66. The van der Waals surface area contributed by atoms with E-state index >= 15 is 0 Å². The van der Waals surface area contributed by atoms with Gasteiger partial charge in [-0.1, -0.05) is 41.4 Å². The Morgan fingerprint density at radius 2 is 1.72 bits per heavy atom. The van der Waals surface area contributed by atoms with Gasteiger partial charge in [-0.25, -0.2) is 18.2 Å². The first kappa shape index (κ1) is 25.4. The number of benzene rings is 3. The van der Waals surface area contributed by atoms with Crippen LogP contribution in [0, 0.1) is 5.82 Å². The molecule has 0 saturated heterocycles. The number of rotatable bonds is 8. The molecule has 7 nitrogen and oxygen atoms in total. The van der Waals surface area contributed by atoms with E-state index in [1.807, 2.05) is 0 Å². The van der Waals surface area contributed by atoms with Crippen LogP contribution in [-0.2, 0) is 14.8 Å². The number of amides is 1. The third kappa shape index (κ3) is 5.93. The maximum absolute atomic E-state index is 13.4. The zero-order valence-corrected chi connectivity index (χ0v) is 20.8. The molecular weight excluding hydrogens is 528 g/mol. The topological polar surface area (TPSA) is 92.0 Å². The Morgan fingerprint density at radius 1 is 1.00 bits per heavy atom. The molecule has 0 spiro atoms. The molecule has 0 bridgehead atoms. The highest BCUT2D eigenvalue weighted by molar-refractivity contribution is 7.92. The van der Waals surface area contributed by atoms with E-state index in [0.29, 0.717) is 27.1 Å². The van der Waals surface area contributed by atoms with E-state index in [2.05, 4.69) is 10.5 Å². The van der Waals surface area contributed by atoms with Gasteiger partial charge in [-0.15, -0.1) is 0 Å². The lowest BCUT2D eigenvalue weighted by Gasteiger charge is -2.23. The lowest BCUT2D eigenvalue weighted by Crippen LogP contribution is -2.39. The van der Waals surface area contributed by atoms with Crippen LogP contribution in [0.25, 0.3) is 11.3 Å². The highest BCUT2D eigenvalue weighted by atomic mass is 35.5. The molecule has 0 fully saturated rings. The number of furan rings is 1. The number of nitrogens with one attached hydrogen (secondary N) is 1. The largest absolute Gasteiger partial charge is 0.455 e. The van der Waals surface area contributed by atoms with Gasteiger partial charge in [-0.3, -0.25) is 9.10 Å². The minimum Gasteiger partial charge on any atom is -0.455 e. The predicted octanol–water partition coefficient (Wildman–Crippen LogP) is 5.74. The molecule has 4 rings (SSSR count). The zero-order valence-electron chi connectivity index (χ0n) is 18.4. The number of nitrogens with zero attached hydrogens (tertiary/aromatic N) is 2. The average molecular weight is 546 g/mol. The first-order valence-corrected chi connectivity index (χ1v) is 12.6. The van der Waals surface area contributed by atoms with Crippen molar-refractivity contribution in [3.63, 3.8) is 0 Å². The lowest BCUT2D eigenvalue weighted by atomic mass is 10.2. The number of hydrogen-bond donors (Lipinski definition) is 1. The van der Waals surface area contributed by atoms with E-state index in [1.54, 1.807) is 48.5 Å². The fraction of sp³-hybridized carbons (Fsp3) is 0.0400. The van der Waals surface area contributed by atoms with E-state index < -0.39 is 28.3 Å². The smallest absolute Gasteiger partial charge is 0.264 e. The average Bonchev–Trinajstić information content (AvgIpc) is 3.32. The second-order valence-electron chi connectivity index (χ2n) is 7.42. The van der Waals surface area contributed by atoms with Crippen molar-refractivity contribution >= 4 is 51.0 Å². The van der Waals surface area contributed by atoms with Gasteiger partial charge in [0.2, 0.25) is 0 Å². The molecule has 184 valence electrons. The van der Waals surface area contributed by atoms with E-state index in [1.165, 1.54) is 30.5 Å². The number of anilines is 1. The SMILES string of the molecule is O=C(CN(c1ccc(F)cc1)S(=O)(=O)c1ccccc1)NN=Cc1ccc(-c2ccc(Cl)cc2Cl)o1. The Kier molecular flexibility index (Phi) is 7.73. The maximum atomic E-state index is 13.4. The molecule has 0 atom stereocenters. The van der Waals surface area contributed by atoms with Gasteiger partial charge in [0.25, 0.3) is 15.9 Å². The molecule has 1 heterocycles. The normalized spacial score (nSPS) is 11.5. The van der Waals surface area contributed by atoms with Crippen LogP contribution in [0.3, 0.4) is 0 Å². The molecule has 4 aromatic rings. The molecule has 3 aromatic carbocycles. The first-order chi connectivity index (χ1) is 17.2. The van der Waals surface area contributed by atoms with E-state index in [9.17, 15) is 17.6 Å². The minimum absolute atomic E-state index is 0.0189. The summed E-state index contributed by atoms with van der Waals surface area (Å²) in [6, 6.07) is 20.7. The summed E-state index contributed by atoms with van der Waals surface area (Å²) in [7, 11) is -4.12. The van der Waals surface area contributed by atoms with Crippen molar-refractivity contribution in [1.29, 1.82) is 0 Å². The van der Waals surface area contributed by atoms with Crippen LogP contribution in [0.4, 0.5) is 10.1 Å². The fourth-order valence-corrected chi connectivity index (χ4v) is 5.18. The summed E-state index contributed by atoms with van der Waals surface area (Å²) in [5, 5.41) is 4.75. The highest BCUT2D eigenvalue weighted by Crippen LogP contribution is 2.31. The zero-order chi connectivity index (χ0) is 25.7. The summed E-state index contributed by atoms with van der Waals surface area (Å²) < 4.78 is 46.4. The molecule has 0 unspecified atom stereocenters. The van der Waals surface area contributed by atoms with Crippen molar-refractivity contribution in [2.24, 2.45) is 5.10 Å².